The number of thioether (sulfide) groups is 1. The van der Waals surface area contributed by atoms with Crippen molar-refractivity contribution in [1.29, 1.82) is 0 Å². The van der Waals surface area contributed by atoms with Crippen LogP contribution in [0.4, 0.5) is 8.78 Å². The second kappa shape index (κ2) is 7.59. The molecule has 1 aromatic rings. The Balaban J connectivity index is 2.73. The van der Waals surface area contributed by atoms with Crippen molar-refractivity contribution in [2.24, 2.45) is 0 Å². The van der Waals surface area contributed by atoms with Gasteiger partial charge in [-0.1, -0.05) is 37.2 Å². The Morgan fingerprint density at radius 3 is 2.70 bits per heavy atom. The number of benzene rings is 1. The van der Waals surface area contributed by atoms with Crippen molar-refractivity contribution in [3.63, 3.8) is 0 Å². The van der Waals surface area contributed by atoms with E-state index in [0.29, 0.717) is 18.2 Å². The molecule has 0 heterocycles. The van der Waals surface area contributed by atoms with Crippen molar-refractivity contribution < 1.29 is 18.7 Å². The fourth-order valence-corrected chi connectivity index (χ4v) is 2.48. The number of carbonyl (C=O) groups excluding carboxylic acids is 1. The topological polar surface area (TPSA) is 49.3 Å². The van der Waals surface area contributed by atoms with Crippen LogP contribution in [0.15, 0.2) is 29.2 Å². The number of nitrogens with one attached hydrogen (secondary N) is 1. The van der Waals surface area contributed by atoms with E-state index in [-0.39, 0.29) is 17.0 Å². The van der Waals surface area contributed by atoms with Crippen LogP contribution in [0.2, 0.25) is 0 Å². The van der Waals surface area contributed by atoms with Gasteiger partial charge in [0.2, 0.25) is 0 Å². The lowest BCUT2D eigenvalue weighted by molar-refractivity contribution is 0.0469. The predicted molar refractivity (Wildman–Crippen MR) is 76.2 cm³/mol. The molecule has 1 unspecified atom stereocenters. The maximum atomic E-state index is 12.4. The number of carbonyl (C=O) groups is 1. The van der Waals surface area contributed by atoms with Crippen LogP contribution >= 0.6 is 11.8 Å². The Morgan fingerprint density at radius 1 is 1.45 bits per heavy atom. The second-order valence-electron chi connectivity index (χ2n) is 4.80. The molecule has 3 nitrogen and oxygen atoms in total. The number of rotatable bonds is 7. The molecule has 1 atom stereocenters. The first-order chi connectivity index (χ1) is 9.35. The molecule has 0 aromatic heterocycles. The van der Waals surface area contributed by atoms with Crippen LogP contribution in [0, 0.1) is 0 Å². The zero-order chi connectivity index (χ0) is 15.2. The standard InChI is InChI=1S/C14H19F2NO2S/c1-3-8-14(2,19)9-17-12(18)10-6-4-5-7-11(10)20-13(15)16/h4-7,13,19H,3,8-9H2,1-2H3,(H,17,18). The molecule has 0 radical (unpaired) electrons. The third-order valence-electron chi connectivity index (χ3n) is 2.77. The highest BCUT2D eigenvalue weighted by atomic mass is 32.2. The summed E-state index contributed by atoms with van der Waals surface area (Å²) in [5.41, 5.74) is -0.792. The van der Waals surface area contributed by atoms with Gasteiger partial charge in [-0.15, -0.1) is 0 Å². The summed E-state index contributed by atoms with van der Waals surface area (Å²) in [5.74, 6) is -3.03. The van der Waals surface area contributed by atoms with Crippen LogP contribution in [-0.2, 0) is 0 Å². The van der Waals surface area contributed by atoms with Crippen molar-refractivity contribution >= 4 is 17.7 Å². The summed E-state index contributed by atoms with van der Waals surface area (Å²) in [6, 6.07) is 6.20. The number of hydrogen-bond acceptors (Lipinski definition) is 3. The minimum absolute atomic E-state index is 0.0906. The Labute approximate surface area is 121 Å². The maximum absolute atomic E-state index is 12.4. The smallest absolute Gasteiger partial charge is 0.288 e. The predicted octanol–water partition coefficient (Wildman–Crippen LogP) is 3.28. The van der Waals surface area contributed by atoms with Gasteiger partial charge in [-0.05, 0) is 25.5 Å². The summed E-state index contributed by atoms with van der Waals surface area (Å²) in [7, 11) is 0. The zero-order valence-electron chi connectivity index (χ0n) is 11.5. The van der Waals surface area contributed by atoms with Gasteiger partial charge in [0.05, 0.1) is 11.2 Å². The van der Waals surface area contributed by atoms with Gasteiger partial charge in [0, 0.05) is 11.4 Å². The highest BCUT2D eigenvalue weighted by Crippen LogP contribution is 2.28. The number of alkyl halides is 2. The van der Waals surface area contributed by atoms with Crippen molar-refractivity contribution in [2.75, 3.05) is 6.54 Å². The van der Waals surface area contributed by atoms with Gasteiger partial charge >= 0.3 is 0 Å². The largest absolute Gasteiger partial charge is 0.388 e. The van der Waals surface area contributed by atoms with Crippen LogP contribution in [0.5, 0.6) is 0 Å². The van der Waals surface area contributed by atoms with Gasteiger partial charge in [-0.3, -0.25) is 4.79 Å². The van der Waals surface area contributed by atoms with E-state index in [9.17, 15) is 18.7 Å². The van der Waals surface area contributed by atoms with Crippen molar-refractivity contribution in [3.8, 4) is 0 Å². The summed E-state index contributed by atoms with van der Waals surface area (Å²) in [6.45, 7) is 3.66. The van der Waals surface area contributed by atoms with Crippen molar-refractivity contribution in [1.82, 2.24) is 5.32 Å². The normalized spacial score (nSPS) is 14.1. The maximum Gasteiger partial charge on any atom is 0.288 e. The van der Waals surface area contributed by atoms with Crippen LogP contribution < -0.4 is 5.32 Å². The number of halogens is 2. The SMILES string of the molecule is CCCC(C)(O)CNC(=O)c1ccccc1SC(F)F. The molecule has 0 aliphatic rings. The molecule has 0 bridgehead atoms. The van der Waals surface area contributed by atoms with Gasteiger partial charge in [-0.25, -0.2) is 0 Å². The highest BCUT2D eigenvalue weighted by molar-refractivity contribution is 7.99. The molecule has 0 aliphatic heterocycles. The second-order valence-corrected chi connectivity index (χ2v) is 5.84. The van der Waals surface area contributed by atoms with Crippen LogP contribution in [-0.4, -0.2) is 28.9 Å². The lowest BCUT2D eigenvalue weighted by Gasteiger charge is -2.23. The van der Waals surface area contributed by atoms with Crippen LogP contribution in [0.3, 0.4) is 0 Å². The van der Waals surface area contributed by atoms with E-state index in [1.807, 2.05) is 6.92 Å². The van der Waals surface area contributed by atoms with E-state index < -0.39 is 17.3 Å². The highest BCUT2D eigenvalue weighted by Gasteiger charge is 2.21. The first-order valence-electron chi connectivity index (χ1n) is 6.40. The molecule has 1 aromatic carbocycles. The van der Waals surface area contributed by atoms with E-state index in [0.717, 1.165) is 6.42 Å². The van der Waals surface area contributed by atoms with Crippen molar-refractivity contribution in [2.45, 2.75) is 42.9 Å². The molecule has 0 aliphatic carbocycles. The first kappa shape index (κ1) is 16.9. The first-order valence-corrected chi connectivity index (χ1v) is 7.28. The van der Waals surface area contributed by atoms with E-state index >= 15 is 0 Å². The van der Waals surface area contributed by atoms with Crippen molar-refractivity contribution in [3.05, 3.63) is 29.8 Å². The Bertz CT molecular complexity index is 453. The summed E-state index contributed by atoms with van der Waals surface area (Å²) in [5, 5.41) is 12.6. The van der Waals surface area contributed by atoms with Gasteiger partial charge < -0.3 is 10.4 Å². The van der Waals surface area contributed by atoms with Gasteiger partial charge in [0.15, 0.2) is 0 Å². The average molecular weight is 303 g/mol. The average Bonchev–Trinajstić information content (AvgIpc) is 2.36. The molecule has 1 rings (SSSR count). The molecular weight excluding hydrogens is 284 g/mol. The zero-order valence-corrected chi connectivity index (χ0v) is 12.3. The molecular formula is C14H19F2NO2S. The van der Waals surface area contributed by atoms with E-state index in [1.165, 1.54) is 12.1 Å². The Morgan fingerprint density at radius 2 is 2.10 bits per heavy atom. The van der Waals surface area contributed by atoms with E-state index in [4.69, 9.17) is 0 Å². The molecule has 0 saturated carbocycles. The van der Waals surface area contributed by atoms with Gasteiger partial charge in [0.1, 0.15) is 0 Å². The summed E-state index contributed by atoms with van der Waals surface area (Å²) < 4.78 is 24.9. The van der Waals surface area contributed by atoms with Gasteiger partial charge in [-0.2, -0.15) is 8.78 Å². The minimum Gasteiger partial charge on any atom is -0.388 e. The number of amides is 1. The Hall–Kier alpha value is -1.14. The van der Waals surface area contributed by atoms with E-state index in [1.54, 1.807) is 19.1 Å². The summed E-state index contributed by atoms with van der Waals surface area (Å²) in [4.78, 5) is 12.2. The lowest BCUT2D eigenvalue weighted by Crippen LogP contribution is -2.40. The molecule has 0 spiro atoms. The molecule has 1 amide bonds. The molecule has 20 heavy (non-hydrogen) atoms. The summed E-state index contributed by atoms with van der Waals surface area (Å²) in [6.07, 6.45) is 1.35. The van der Waals surface area contributed by atoms with Crippen LogP contribution in [0.25, 0.3) is 0 Å². The fraction of sp³-hybridized carbons (Fsp3) is 0.500. The number of aliphatic hydroxyl groups is 1. The van der Waals surface area contributed by atoms with Crippen LogP contribution in [0.1, 0.15) is 37.0 Å². The lowest BCUT2D eigenvalue weighted by atomic mass is 10.0. The summed E-state index contributed by atoms with van der Waals surface area (Å²) >= 11 is 0.340. The number of hydrogen-bond donors (Lipinski definition) is 2. The monoisotopic (exact) mass is 303 g/mol. The minimum atomic E-state index is -2.58. The fourth-order valence-electron chi connectivity index (χ4n) is 1.85. The molecule has 0 saturated heterocycles. The molecule has 0 fully saturated rings. The van der Waals surface area contributed by atoms with E-state index in [2.05, 4.69) is 5.32 Å². The molecule has 6 heteroatoms. The third-order valence-corrected chi connectivity index (χ3v) is 3.55. The molecule has 2 N–H and O–H groups in total. The van der Waals surface area contributed by atoms with Gasteiger partial charge in [0.25, 0.3) is 11.7 Å². The quantitative estimate of drug-likeness (QED) is 0.760. The molecule has 112 valence electrons. The third kappa shape index (κ3) is 5.46. The Kier molecular flexibility index (Phi) is 6.42.